The van der Waals surface area contributed by atoms with Crippen LogP contribution in [-0.2, 0) is 17.9 Å². The largest absolute Gasteiger partial charge is 0.345 e. The Labute approximate surface area is 128 Å². The van der Waals surface area contributed by atoms with Crippen molar-refractivity contribution in [1.82, 2.24) is 9.47 Å². The number of rotatable bonds is 6. The Morgan fingerprint density at radius 1 is 1.29 bits per heavy atom. The second kappa shape index (κ2) is 7.22. The van der Waals surface area contributed by atoms with Crippen molar-refractivity contribution < 1.29 is 4.79 Å². The van der Waals surface area contributed by atoms with Crippen molar-refractivity contribution in [1.29, 1.82) is 0 Å². The standard InChI is InChI=1S/C16H20N2O2S/c1-13(2)9-18(10-14-5-8-21-12-14)16(20)11-17-6-3-15(19)4-7-17/h3-8,12-13H,9-11H2,1-2H3. The summed E-state index contributed by atoms with van der Waals surface area (Å²) in [6.45, 7) is 5.84. The number of carbonyl (C=O) groups is 1. The summed E-state index contributed by atoms with van der Waals surface area (Å²) < 4.78 is 1.74. The highest BCUT2D eigenvalue weighted by Crippen LogP contribution is 2.12. The molecule has 0 unspecified atom stereocenters. The van der Waals surface area contributed by atoms with Crippen LogP contribution < -0.4 is 5.43 Å². The third kappa shape index (κ3) is 4.86. The van der Waals surface area contributed by atoms with Crippen molar-refractivity contribution in [2.75, 3.05) is 6.54 Å². The molecule has 21 heavy (non-hydrogen) atoms. The molecule has 0 aliphatic carbocycles. The summed E-state index contributed by atoms with van der Waals surface area (Å²) in [5.74, 6) is 0.486. The van der Waals surface area contributed by atoms with E-state index in [2.05, 4.69) is 19.2 Å². The van der Waals surface area contributed by atoms with Gasteiger partial charge in [-0.25, -0.2) is 0 Å². The van der Waals surface area contributed by atoms with Crippen LogP contribution in [0.1, 0.15) is 19.4 Å². The molecule has 4 nitrogen and oxygen atoms in total. The van der Waals surface area contributed by atoms with Gasteiger partial charge in [-0.15, -0.1) is 0 Å². The van der Waals surface area contributed by atoms with Gasteiger partial charge in [0, 0.05) is 37.6 Å². The Hall–Kier alpha value is -1.88. The Bertz CT molecular complexity index is 611. The monoisotopic (exact) mass is 304 g/mol. The molecular weight excluding hydrogens is 284 g/mol. The van der Waals surface area contributed by atoms with Crippen LogP contribution in [0.3, 0.4) is 0 Å². The zero-order chi connectivity index (χ0) is 15.2. The molecule has 0 radical (unpaired) electrons. The molecule has 0 aromatic carbocycles. The summed E-state index contributed by atoms with van der Waals surface area (Å²) in [5, 5.41) is 4.09. The van der Waals surface area contributed by atoms with Crippen LogP contribution in [0.4, 0.5) is 0 Å². The minimum absolute atomic E-state index is 0.0454. The van der Waals surface area contributed by atoms with Gasteiger partial charge in [-0.3, -0.25) is 9.59 Å². The first-order valence-corrected chi connectivity index (χ1v) is 7.94. The number of thiophene rings is 1. The highest BCUT2D eigenvalue weighted by Gasteiger charge is 2.15. The van der Waals surface area contributed by atoms with Gasteiger partial charge in [0.25, 0.3) is 0 Å². The number of hydrogen-bond acceptors (Lipinski definition) is 3. The SMILES string of the molecule is CC(C)CN(Cc1ccsc1)C(=O)Cn1ccc(=O)cc1. The second-order valence-corrected chi connectivity index (χ2v) is 6.29. The van der Waals surface area contributed by atoms with E-state index in [1.54, 1.807) is 28.3 Å². The van der Waals surface area contributed by atoms with Gasteiger partial charge in [0.2, 0.25) is 5.91 Å². The average Bonchev–Trinajstić information content (AvgIpc) is 2.93. The van der Waals surface area contributed by atoms with Crippen LogP contribution in [0.2, 0.25) is 0 Å². The van der Waals surface area contributed by atoms with Crippen molar-refractivity contribution >= 4 is 17.2 Å². The van der Waals surface area contributed by atoms with Crippen LogP contribution in [0, 0.1) is 5.92 Å². The maximum absolute atomic E-state index is 12.5. The van der Waals surface area contributed by atoms with Crippen LogP contribution in [-0.4, -0.2) is 21.9 Å². The number of nitrogens with zero attached hydrogens (tertiary/aromatic N) is 2. The van der Waals surface area contributed by atoms with Crippen LogP contribution in [0.15, 0.2) is 46.1 Å². The third-order valence-corrected chi connectivity index (χ3v) is 3.80. The van der Waals surface area contributed by atoms with Gasteiger partial charge in [-0.1, -0.05) is 13.8 Å². The number of pyridine rings is 1. The van der Waals surface area contributed by atoms with E-state index in [4.69, 9.17) is 0 Å². The van der Waals surface area contributed by atoms with E-state index >= 15 is 0 Å². The van der Waals surface area contributed by atoms with E-state index in [1.165, 1.54) is 12.1 Å². The first kappa shape index (κ1) is 15.5. The Balaban J connectivity index is 2.06. The van der Waals surface area contributed by atoms with E-state index in [9.17, 15) is 9.59 Å². The summed E-state index contributed by atoms with van der Waals surface area (Å²) in [7, 11) is 0. The predicted molar refractivity (Wildman–Crippen MR) is 85.3 cm³/mol. The summed E-state index contributed by atoms with van der Waals surface area (Å²) >= 11 is 1.64. The lowest BCUT2D eigenvalue weighted by atomic mass is 10.2. The van der Waals surface area contributed by atoms with Gasteiger partial charge in [0.1, 0.15) is 6.54 Å². The molecule has 5 heteroatoms. The minimum atomic E-state index is -0.0454. The lowest BCUT2D eigenvalue weighted by Crippen LogP contribution is -2.36. The molecule has 2 aromatic heterocycles. The molecule has 2 heterocycles. The van der Waals surface area contributed by atoms with Crippen LogP contribution >= 0.6 is 11.3 Å². The molecule has 2 aromatic rings. The quantitative estimate of drug-likeness (QED) is 0.823. The first-order valence-electron chi connectivity index (χ1n) is 6.99. The molecule has 112 valence electrons. The fourth-order valence-corrected chi connectivity index (χ4v) is 2.76. The van der Waals surface area contributed by atoms with E-state index in [1.807, 2.05) is 16.3 Å². The zero-order valence-corrected chi connectivity index (χ0v) is 13.2. The van der Waals surface area contributed by atoms with E-state index in [0.717, 1.165) is 12.1 Å². The fraction of sp³-hybridized carbons (Fsp3) is 0.375. The van der Waals surface area contributed by atoms with Crippen LogP contribution in [0.5, 0.6) is 0 Å². The molecule has 0 saturated carbocycles. The van der Waals surface area contributed by atoms with Crippen molar-refractivity contribution in [2.45, 2.75) is 26.9 Å². The van der Waals surface area contributed by atoms with Gasteiger partial charge in [-0.2, -0.15) is 11.3 Å². The maximum atomic E-state index is 12.5. The number of carbonyl (C=O) groups excluding carboxylic acids is 1. The van der Waals surface area contributed by atoms with Crippen molar-refractivity contribution in [3.63, 3.8) is 0 Å². The van der Waals surface area contributed by atoms with E-state index in [0.29, 0.717) is 12.5 Å². The van der Waals surface area contributed by atoms with E-state index in [-0.39, 0.29) is 17.9 Å². The molecular formula is C16H20N2O2S. The highest BCUT2D eigenvalue weighted by atomic mass is 32.1. The molecule has 0 N–H and O–H groups in total. The summed E-state index contributed by atoms with van der Waals surface area (Å²) in [5.41, 5.74) is 1.12. The number of hydrogen-bond donors (Lipinski definition) is 0. The Kier molecular flexibility index (Phi) is 5.33. The molecule has 0 spiro atoms. The molecule has 0 fully saturated rings. The molecule has 1 amide bonds. The Morgan fingerprint density at radius 3 is 2.57 bits per heavy atom. The molecule has 2 rings (SSSR count). The zero-order valence-electron chi connectivity index (χ0n) is 12.4. The normalized spacial score (nSPS) is 10.8. The molecule has 0 saturated heterocycles. The number of amides is 1. The summed E-state index contributed by atoms with van der Waals surface area (Å²) in [6.07, 6.45) is 3.30. The Morgan fingerprint density at radius 2 is 2.00 bits per heavy atom. The van der Waals surface area contributed by atoms with Crippen molar-refractivity contribution in [3.05, 3.63) is 57.1 Å². The first-order chi connectivity index (χ1) is 10.0. The summed E-state index contributed by atoms with van der Waals surface area (Å²) in [6, 6.07) is 4.99. The van der Waals surface area contributed by atoms with Gasteiger partial charge < -0.3 is 9.47 Å². The minimum Gasteiger partial charge on any atom is -0.345 e. The van der Waals surface area contributed by atoms with Gasteiger partial charge in [0.05, 0.1) is 0 Å². The second-order valence-electron chi connectivity index (χ2n) is 5.51. The average molecular weight is 304 g/mol. The molecule has 0 aliphatic heterocycles. The maximum Gasteiger partial charge on any atom is 0.242 e. The van der Waals surface area contributed by atoms with Crippen molar-refractivity contribution in [3.8, 4) is 0 Å². The molecule has 0 atom stereocenters. The molecule has 0 bridgehead atoms. The van der Waals surface area contributed by atoms with Gasteiger partial charge in [-0.05, 0) is 28.3 Å². The topological polar surface area (TPSA) is 42.3 Å². The van der Waals surface area contributed by atoms with Gasteiger partial charge in [0.15, 0.2) is 5.43 Å². The van der Waals surface area contributed by atoms with Crippen LogP contribution in [0.25, 0.3) is 0 Å². The third-order valence-electron chi connectivity index (χ3n) is 3.07. The summed E-state index contributed by atoms with van der Waals surface area (Å²) in [4.78, 5) is 25.5. The fourth-order valence-electron chi connectivity index (χ4n) is 2.10. The lowest BCUT2D eigenvalue weighted by molar-refractivity contribution is -0.133. The number of aromatic nitrogens is 1. The highest BCUT2D eigenvalue weighted by molar-refractivity contribution is 7.07. The smallest absolute Gasteiger partial charge is 0.242 e. The molecule has 0 aliphatic rings. The van der Waals surface area contributed by atoms with E-state index < -0.39 is 0 Å². The van der Waals surface area contributed by atoms with Crippen molar-refractivity contribution in [2.24, 2.45) is 5.92 Å². The van der Waals surface area contributed by atoms with Gasteiger partial charge >= 0.3 is 0 Å². The predicted octanol–water partition coefficient (Wildman–Crippen LogP) is 2.59. The lowest BCUT2D eigenvalue weighted by Gasteiger charge is -2.24.